The fourth-order valence-corrected chi connectivity index (χ4v) is 3.95. The van der Waals surface area contributed by atoms with Crippen LogP contribution in [0.1, 0.15) is 15.9 Å². The van der Waals surface area contributed by atoms with E-state index in [2.05, 4.69) is 4.90 Å². The second-order valence-corrected chi connectivity index (χ2v) is 7.92. The summed E-state index contributed by atoms with van der Waals surface area (Å²) in [6.07, 6.45) is 0. The number of phenols is 1. The van der Waals surface area contributed by atoms with Gasteiger partial charge in [-0.3, -0.25) is 4.79 Å². The fourth-order valence-electron chi connectivity index (χ4n) is 3.76. The number of anilines is 1. The van der Waals surface area contributed by atoms with Crippen molar-refractivity contribution in [3.05, 3.63) is 82.9 Å². The number of aromatic hydroxyl groups is 1. The van der Waals surface area contributed by atoms with Crippen molar-refractivity contribution in [1.82, 2.24) is 4.90 Å². The Kier molecular flexibility index (Phi) is 6.71. The maximum atomic E-state index is 13.1. The van der Waals surface area contributed by atoms with Gasteiger partial charge in [0, 0.05) is 42.3 Å². The van der Waals surface area contributed by atoms with Gasteiger partial charge in [-0.2, -0.15) is 0 Å². The average Bonchev–Trinajstić information content (AvgIpc) is 2.83. The molecule has 32 heavy (non-hydrogen) atoms. The first-order valence-corrected chi connectivity index (χ1v) is 10.8. The first kappa shape index (κ1) is 21.8. The van der Waals surface area contributed by atoms with Crippen LogP contribution < -0.4 is 14.4 Å². The van der Waals surface area contributed by atoms with Crippen LogP contribution in [0.15, 0.2) is 66.7 Å². The quantitative estimate of drug-likeness (QED) is 0.592. The van der Waals surface area contributed by atoms with E-state index >= 15 is 0 Å². The number of phenolic OH excluding ortho intramolecular Hbond substituents is 1. The first-order valence-electron chi connectivity index (χ1n) is 10.4. The highest BCUT2D eigenvalue weighted by molar-refractivity contribution is 6.31. The molecule has 1 amide bonds. The molecule has 0 unspecified atom stereocenters. The molecule has 6 nitrogen and oxygen atoms in total. The number of para-hydroxylation sites is 2. The second-order valence-electron chi connectivity index (χ2n) is 7.51. The highest BCUT2D eigenvalue weighted by atomic mass is 35.5. The van der Waals surface area contributed by atoms with Crippen LogP contribution >= 0.6 is 11.6 Å². The molecule has 4 rings (SSSR count). The minimum atomic E-state index is -0.0575. The van der Waals surface area contributed by atoms with Crippen LogP contribution in [0.4, 0.5) is 5.69 Å². The van der Waals surface area contributed by atoms with Gasteiger partial charge in [0.15, 0.2) is 11.5 Å². The SMILES string of the molecule is COc1cc(C(=O)N2CCN(c3ccccc3O)CC2)ccc1OCc1ccccc1Cl. The average molecular weight is 453 g/mol. The third-order valence-electron chi connectivity index (χ3n) is 5.54. The van der Waals surface area contributed by atoms with E-state index in [-0.39, 0.29) is 11.7 Å². The molecule has 1 saturated heterocycles. The highest BCUT2D eigenvalue weighted by Gasteiger charge is 2.24. The Hall–Kier alpha value is -3.38. The Morgan fingerprint density at radius 3 is 2.41 bits per heavy atom. The van der Waals surface area contributed by atoms with Crippen LogP contribution in [-0.2, 0) is 6.61 Å². The van der Waals surface area contributed by atoms with Crippen molar-refractivity contribution in [3.8, 4) is 17.2 Å². The molecular weight excluding hydrogens is 428 g/mol. The Morgan fingerprint density at radius 1 is 0.969 bits per heavy atom. The van der Waals surface area contributed by atoms with E-state index in [1.807, 2.05) is 41.3 Å². The number of hydrogen-bond donors (Lipinski definition) is 1. The number of ether oxygens (including phenoxy) is 2. The minimum Gasteiger partial charge on any atom is -0.506 e. The zero-order valence-corrected chi connectivity index (χ0v) is 18.6. The van der Waals surface area contributed by atoms with E-state index in [0.717, 1.165) is 11.3 Å². The third-order valence-corrected chi connectivity index (χ3v) is 5.91. The molecule has 166 valence electrons. The number of methoxy groups -OCH3 is 1. The Balaban J connectivity index is 1.41. The smallest absolute Gasteiger partial charge is 0.254 e. The zero-order chi connectivity index (χ0) is 22.5. The summed E-state index contributed by atoms with van der Waals surface area (Å²) in [5.41, 5.74) is 2.21. The van der Waals surface area contributed by atoms with Gasteiger partial charge >= 0.3 is 0 Å². The molecule has 0 radical (unpaired) electrons. The van der Waals surface area contributed by atoms with E-state index < -0.39 is 0 Å². The predicted octanol–water partition coefficient (Wildman–Crippen LogP) is 4.60. The largest absolute Gasteiger partial charge is 0.506 e. The maximum Gasteiger partial charge on any atom is 0.254 e. The summed E-state index contributed by atoms with van der Waals surface area (Å²) in [4.78, 5) is 17.0. The van der Waals surface area contributed by atoms with E-state index in [9.17, 15) is 9.90 Å². The van der Waals surface area contributed by atoms with E-state index in [4.69, 9.17) is 21.1 Å². The lowest BCUT2D eigenvalue weighted by atomic mass is 10.1. The Labute approximate surface area is 192 Å². The number of halogens is 1. The van der Waals surface area contributed by atoms with Crippen molar-refractivity contribution in [2.45, 2.75) is 6.61 Å². The van der Waals surface area contributed by atoms with Crippen LogP contribution in [0.2, 0.25) is 5.02 Å². The lowest BCUT2D eigenvalue weighted by Crippen LogP contribution is -2.48. The topological polar surface area (TPSA) is 62.2 Å². The summed E-state index contributed by atoms with van der Waals surface area (Å²) >= 11 is 6.20. The number of piperazine rings is 1. The van der Waals surface area contributed by atoms with Crippen LogP contribution in [0.25, 0.3) is 0 Å². The predicted molar refractivity (Wildman–Crippen MR) is 125 cm³/mol. The molecule has 7 heteroatoms. The van der Waals surface area contributed by atoms with Crippen LogP contribution in [0.3, 0.4) is 0 Å². The molecule has 1 aliphatic rings. The van der Waals surface area contributed by atoms with Gasteiger partial charge < -0.3 is 24.4 Å². The van der Waals surface area contributed by atoms with Crippen molar-refractivity contribution < 1.29 is 19.4 Å². The lowest BCUT2D eigenvalue weighted by Gasteiger charge is -2.36. The summed E-state index contributed by atoms with van der Waals surface area (Å²) in [5.74, 6) is 1.24. The number of amides is 1. The van der Waals surface area contributed by atoms with Crippen molar-refractivity contribution >= 4 is 23.2 Å². The van der Waals surface area contributed by atoms with Gasteiger partial charge in [0.1, 0.15) is 12.4 Å². The molecule has 0 saturated carbocycles. The highest BCUT2D eigenvalue weighted by Crippen LogP contribution is 2.31. The van der Waals surface area contributed by atoms with Gasteiger partial charge in [-0.05, 0) is 36.4 Å². The number of rotatable bonds is 6. The van der Waals surface area contributed by atoms with Gasteiger partial charge in [-0.1, -0.05) is 41.9 Å². The van der Waals surface area contributed by atoms with Gasteiger partial charge in [0.25, 0.3) is 5.91 Å². The van der Waals surface area contributed by atoms with Gasteiger partial charge in [0.05, 0.1) is 12.8 Å². The molecule has 0 aliphatic carbocycles. The zero-order valence-electron chi connectivity index (χ0n) is 17.8. The molecule has 3 aromatic carbocycles. The molecule has 3 aromatic rings. The Bertz CT molecular complexity index is 1100. The second kappa shape index (κ2) is 9.83. The Morgan fingerprint density at radius 2 is 1.69 bits per heavy atom. The first-order chi connectivity index (χ1) is 15.6. The summed E-state index contributed by atoms with van der Waals surface area (Å²) in [5, 5.41) is 10.7. The number of hydrogen-bond acceptors (Lipinski definition) is 5. The van der Waals surface area contributed by atoms with E-state index in [0.29, 0.717) is 54.9 Å². The van der Waals surface area contributed by atoms with Crippen LogP contribution in [0, 0.1) is 0 Å². The summed E-state index contributed by atoms with van der Waals surface area (Å²) in [6.45, 7) is 2.75. The lowest BCUT2D eigenvalue weighted by molar-refractivity contribution is 0.0746. The number of carbonyl (C=O) groups is 1. The molecule has 1 N–H and O–H groups in total. The normalized spacial score (nSPS) is 13.7. The maximum absolute atomic E-state index is 13.1. The van der Waals surface area contributed by atoms with E-state index in [1.165, 1.54) is 0 Å². The summed E-state index contributed by atoms with van der Waals surface area (Å²) < 4.78 is 11.4. The summed E-state index contributed by atoms with van der Waals surface area (Å²) in [6, 6.07) is 20.0. The van der Waals surface area contributed by atoms with Gasteiger partial charge in [-0.25, -0.2) is 0 Å². The fraction of sp³-hybridized carbons (Fsp3) is 0.240. The van der Waals surface area contributed by atoms with Crippen LogP contribution in [-0.4, -0.2) is 49.2 Å². The number of carbonyl (C=O) groups excluding carboxylic acids is 1. The number of benzene rings is 3. The summed E-state index contributed by atoms with van der Waals surface area (Å²) in [7, 11) is 1.55. The molecule has 1 aliphatic heterocycles. The van der Waals surface area contributed by atoms with Crippen molar-refractivity contribution in [2.75, 3.05) is 38.2 Å². The molecule has 1 fully saturated rings. The molecule has 0 atom stereocenters. The van der Waals surface area contributed by atoms with Gasteiger partial charge in [-0.15, -0.1) is 0 Å². The molecule has 0 aromatic heterocycles. The van der Waals surface area contributed by atoms with Gasteiger partial charge in [0.2, 0.25) is 0 Å². The molecular formula is C25H25ClN2O4. The van der Waals surface area contributed by atoms with Crippen molar-refractivity contribution in [1.29, 1.82) is 0 Å². The van der Waals surface area contributed by atoms with E-state index in [1.54, 1.807) is 37.4 Å². The minimum absolute atomic E-state index is 0.0575. The van der Waals surface area contributed by atoms with Crippen molar-refractivity contribution in [2.24, 2.45) is 0 Å². The standard InChI is InChI=1S/C25H25ClN2O4/c1-31-24-16-18(10-11-23(24)32-17-19-6-2-3-7-20(19)26)25(30)28-14-12-27(13-15-28)21-8-4-5-9-22(21)29/h2-11,16,29H,12-15,17H2,1H3. The van der Waals surface area contributed by atoms with Crippen molar-refractivity contribution in [3.63, 3.8) is 0 Å². The molecule has 1 heterocycles. The molecule has 0 spiro atoms. The molecule has 0 bridgehead atoms. The monoisotopic (exact) mass is 452 g/mol. The van der Waals surface area contributed by atoms with Crippen LogP contribution in [0.5, 0.6) is 17.2 Å². The third kappa shape index (κ3) is 4.75. The number of nitrogens with zero attached hydrogens (tertiary/aromatic N) is 2.